The van der Waals surface area contributed by atoms with E-state index in [9.17, 15) is 4.79 Å². The Morgan fingerprint density at radius 2 is 2.10 bits per heavy atom. The lowest BCUT2D eigenvalue weighted by Crippen LogP contribution is -2.28. The first-order valence-electron chi connectivity index (χ1n) is 3.48. The second-order valence-electron chi connectivity index (χ2n) is 2.64. The van der Waals surface area contributed by atoms with Gasteiger partial charge in [-0.25, -0.2) is 0 Å². The molecule has 0 aliphatic rings. The van der Waals surface area contributed by atoms with Crippen molar-refractivity contribution in [1.29, 1.82) is 0 Å². The number of aliphatic hydroxyl groups is 1. The second-order valence-corrected chi connectivity index (χ2v) is 2.64. The fraction of sp³-hybridized carbons (Fsp3) is 0.857. The molecular formula is C7H15NO2. The quantitative estimate of drug-likeness (QED) is 0.588. The van der Waals surface area contributed by atoms with E-state index in [4.69, 9.17) is 10.8 Å². The van der Waals surface area contributed by atoms with Crippen molar-refractivity contribution in [2.24, 2.45) is 5.73 Å². The van der Waals surface area contributed by atoms with E-state index in [0.29, 0.717) is 12.8 Å². The summed E-state index contributed by atoms with van der Waals surface area (Å²) in [5.41, 5.74) is 5.40. The molecule has 0 amide bonds. The Morgan fingerprint density at radius 1 is 1.60 bits per heavy atom. The summed E-state index contributed by atoms with van der Waals surface area (Å²) in [7, 11) is 0. The molecule has 0 fully saturated rings. The molecule has 0 saturated carbocycles. The van der Waals surface area contributed by atoms with Gasteiger partial charge >= 0.3 is 0 Å². The van der Waals surface area contributed by atoms with Crippen LogP contribution in [0.5, 0.6) is 0 Å². The zero-order valence-corrected chi connectivity index (χ0v) is 6.50. The Labute approximate surface area is 61.2 Å². The maximum Gasteiger partial charge on any atom is 0.146 e. The van der Waals surface area contributed by atoms with Gasteiger partial charge in [-0.1, -0.05) is 0 Å². The number of ketones is 1. The van der Waals surface area contributed by atoms with Crippen molar-refractivity contribution in [2.75, 3.05) is 0 Å². The highest BCUT2D eigenvalue weighted by Gasteiger charge is 2.08. The Hall–Kier alpha value is -0.410. The maximum atomic E-state index is 10.5. The highest BCUT2D eigenvalue weighted by Crippen LogP contribution is 1.99. The summed E-state index contributed by atoms with van der Waals surface area (Å²) in [6, 6.07) is -0.394. The van der Waals surface area contributed by atoms with Gasteiger partial charge in [0.1, 0.15) is 5.78 Å². The largest absolute Gasteiger partial charge is 0.393 e. The van der Waals surface area contributed by atoms with Gasteiger partial charge in [-0.05, 0) is 26.7 Å². The van der Waals surface area contributed by atoms with Crippen LogP contribution in [0.15, 0.2) is 0 Å². The van der Waals surface area contributed by atoms with E-state index in [1.54, 1.807) is 6.92 Å². The van der Waals surface area contributed by atoms with Crippen LogP contribution in [0.1, 0.15) is 26.7 Å². The minimum Gasteiger partial charge on any atom is -0.393 e. The predicted octanol–water partition coefficient (Wildman–Crippen LogP) is 0.0637. The monoisotopic (exact) mass is 145 g/mol. The van der Waals surface area contributed by atoms with Crippen molar-refractivity contribution in [3.05, 3.63) is 0 Å². The summed E-state index contributed by atoms with van der Waals surface area (Å²) in [6.45, 7) is 3.15. The molecule has 0 aliphatic carbocycles. The number of rotatable bonds is 4. The first-order valence-corrected chi connectivity index (χ1v) is 3.48. The van der Waals surface area contributed by atoms with Crippen molar-refractivity contribution in [3.8, 4) is 0 Å². The van der Waals surface area contributed by atoms with Crippen molar-refractivity contribution >= 4 is 5.78 Å². The van der Waals surface area contributed by atoms with Crippen molar-refractivity contribution < 1.29 is 9.90 Å². The molecule has 60 valence electrons. The molecule has 0 spiro atoms. The third-order valence-corrected chi connectivity index (χ3v) is 1.42. The average Bonchev–Trinajstić information content (AvgIpc) is 1.82. The fourth-order valence-electron chi connectivity index (χ4n) is 0.624. The van der Waals surface area contributed by atoms with E-state index in [0.717, 1.165) is 0 Å². The van der Waals surface area contributed by atoms with E-state index in [2.05, 4.69) is 0 Å². The highest BCUT2D eigenvalue weighted by atomic mass is 16.3. The molecule has 0 radical (unpaired) electrons. The van der Waals surface area contributed by atoms with Crippen molar-refractivity contribution in [2.45, 2.75) is 38.8 Å². The lowest BCUT2D eigenvalue weighted by molar-refractivity contribution is -0.118. The zero-order valence-electron chi connectivity index (χ0n) is 6.50. The molecule has 3 N–H and O–H groups in total. The van der Waals surface area contributed by atoms with E-state index in [-0.39, 0.29) is 11.9 Å². The molecule has 0 heterocycles. The van der Waals surface area contributed by atoms with Crippen molar-refractivity contribution in [1.82, 2.24) is 0 Å². The van der Waals surface area contributed by atoms with Crippen LogP contribution in [0, 0.1) is 0 Å². The van der Waals surface area contributed by atoms with Gasteiger partial charge in [0.05, 0.1) is 12.1 Å². The zero-order chi connectivity index (χ0) is 8.15. The summed E-state index contributed by atoms with van der Waals surface area (Å²) >= 11 is 0. The molecule has 3 nitrogen and oxygen atoms in total. The number of carbonyl (C=O) groups is 1. The minimum absolute atomic E-state index is 0.0133. The lowest BCUT2D eigenvalue weighted by Gasteiger charge is -2.08. The summed E-state index contributed by atoms with van der Waals surface area (Å²) < 4.78 is 0. The van der Waals surface area contributed by atoms with Crippen LogP contribution in [-0.2, 0) is 4.79 Å². The van der Waals surface area contributed by atoms with Gasteiger partial charge in [0, 0.05) is 0 Å². The molecule has 2 atom stereocenters. The SMILES string of the molecule is CC(=O)C(N)CCC(C)O. The maximum absolute atomic E-state index is 10.5. The second kappa shape index (κ2) is 4.41. The molecule has 0 aliphatic heterocycles. The van der Waals surface area contributed by atoms with E-state index in [1.807, 2.05) is 0 Å². The standard InChI is InChI=1S/C7H15NO2/c1-5(9)3-4-7(8)6(2)10/h5,7,9H,3-4,8H2,1-2H3. The first-order chi connectivity index (χ1) is 4.54. The molecule has 2 unspecified atom stereocenters. The van der Waals surface area contributed by atoms with Gasteiger partial charge in [0.25, 0.3) is 0 Å². The van der Waals surface area contributed by atoms with Gasteiger partial charge < -0.3 is 10.8 Å². The number of carbonyl (C=O) groups excluding carboxylic acids is 1. The van der Waals surface area contributed by atoms with E-state index >= 15 is 0 Å². The van der Waals surface area contributed by atoms with Crippen LogP contribution in [0.2, 0.25) is 0 Å². The number of hydrogen-bond donors (Lipinski definition) is 2. The molecule has 0 aromatic carbocycles. The van der Waals surface area contributed by atoms with Crippen LogP contribution >= 0.6 is 0 Å². The summed E-state index contributed by atoms with van der Waals surface area (Å²) in [5.74, 6) is -0.0133. The number of Topliss-reactive ketones (excluding diaryl/α,β-unsaturated/α-hetero) is 1. The number of nitrogens with two attached hydrogens (primary N) is 1. The van der Waals surface area contributed by atoms with Gasteiger partial charge in [0.15, 0.2) is 0 Å². The topological polar surface area (TPSA) is 63.3 Å². The van der Waals surface area contributed by atoms with Crippen LogP contribution in [0.3, 0.4) is 0 Å². The minimum atomic E-state index is -0.394. The molecule has 0 saturated heterocycles. The average molecular weight is 145 g/mol. The molecule has 0 aromatic heterocycles. The van der Waals surface area contributed by atoms with Crippen LogP contribution in [-0.4, -0.2) is 23.0 Å². The summed E-state index contributed by atoms with van der Waals surface area (Å²) in [5, 5.41) is 8.82. The Bertz CT molecular complexity index is 112. The van der Waals surface area contributed by atoms with Crippen LogP contribution in [0.25, 0.3) is 0 Å². The number of hydrogen-bond acceptors (Lipinski definition) is 3. The third kappa shape index (κ3) is 4.47. The molecule has 0 bridgehead atoms. The fourth-order valence-corrected chi connectivity index (χ4v) is 0.624. The first kappa shape index (κ1) is 9.59. The van der Waals surface area contributed by atoms with E-state index < -0.39 is 6.04 Å². The molecular weight excluding hydrogens is 130 g/mol. The van der Waals surface area contributed by atoms with E-state index in [1.165, 1.54) is 6.92 Å². The smallest absolute Gasteiger partial charge is 0.146 e. The normalized spacial score (nSPS) is 16.4. The Kier molecular flexibility index (Phi) is 4.23. The van der Waals surface area contributed by atoms with Gasteiger partial charge in [-0.2, -0.15) is 0 Å². The number of aliphatic hydroxyl groups excluding tert-OH is 1. The summed E-state index contributed by atoms with van der Waals surface area (Å²) in [4.78, 5) is 10.5. The third-order valence-electron chi connectivity index (χ3n) is 1.42. The highest BCUT2D eigenvalue weighted by molar-refractivity contribution is 5.81. The predicted molar refractivity (Wildman–Crippen MR) is 39.6 cm³/mol. The summed E-state index contributed by atoms with van der Waals surface area (Å²) in [6.07, 6.45) is 0.818. The Balaban J connectivity index is 3.40. The van der Waals surface area contributed by atoms with Gasteiger partial charge in [0.2, 0.25) is 0 Å². The van der Waals surface area contributed by atoms with Crippen molar-refractivity contribution in [3.63, 3.8) is 0 Å². The van der Waals surface area contributed by atoms with Gasteiger partial charge in [-0.3, -0.25) is 4.79 Å². The molecule has 3 heteroatoms. The Morgan fingerprint density at radius 3 is 2.40 bits per heavy atom. The molecule has 10 heavy (non-hydrogen) atoms. The van der Waals surface area contributed by atoms with Crippen LogP contribution in [0.4, 0.5) is 0 Å². The molecule has 0 aromatic rings. The van der Waals surface area contributed by atoms with Gasteiger partial charge in [-0.15, -0.1) is 0 Å². The lowest BCUT2D eigenvalue weighted by atomic mass is 10.1. The molecule has 0 rings (SSSR count). The van der Waals surface area contributed by atoms with Crippen LogP contribution < -0.4 is 5.73 Å².